The van der Waals surface area contributed by atoms with E-state index >= 15 is 0 Å². The van der Waals surface area contributed by atoms with Gasteiger partial charge in [-0.05, 0) is 68.8 Å². The second kappa shape index (κ2) is 9.06. The molecule has 0 aliphatic rings. The molecular formula is C24H24N2O3. The molecule has 1 unspecified atom stereocenters. The molecule has 2 amide bonds. The molecule has 5 heteroatoms. The maximum Gasteiger partial charge on any atom is 0.265 e. The van der Waals surface area contributed by atoms with Gasteiger partial charge in [0, 0.05) is 16.9 Å². The van der Waals surface area contributed by atoms with Crippen LogP contribution in [-0.4, -0.2) is 17.9 Å². The van der Waals surface area contributed by atoms with E-state index < -0.39 is 6.10 Å². The van der Waals surface area contributed by atoms with Crippen LogP contribution in [0.25, 0.3) is 0 Å². The van der Waals surface area contributed by atoms with Gasteiger partial charge in [-0.3, -0.25) is 9.59 Å². The second-order valence-corrected chi connectivity index (χ2v) is 6.97. The standard InChI is InChI=1S/C24H24N2O3/c1-16-10-12-22(13-11-16)29-18(3)23(27)25-21-9-5-7-19(15-21)24(28)26-20-8-4-6-17(2)14-20/h4-15,18H,1-3H3,(H,25,27)(H,26,28). The highest BCUT2D eigenvalue weighted by molar-refractivity contribution is 6.05. The Balaban J connectivity index is 1.63. The summed E-state index contributed by atoms with van der Waals surface area (Å²) in [5.41, 5.74) is 3.90. The maximum absolute atomic E-state index is 12.5. The summed E-state index contributed by atoms with van der Waals surface area (Å²) in [6.07, 6.45) is -0.678. The number of amides is 2. The van der Waals surface area contributed by atoms with Crippen molar-refractivity contribution in [2.24, 2.45) is 0 Å². The fourth-order valence-electron chi connectivity index (χ4n) is 2.78. The third-order valence-electron chi connectivity index (χ3n) is 4.37. The molecule has 2 N–H and O–H groups in total. The molecule has 0 aromatic heterocycles. The highest BCUT2D eigenvalue weighted by atomic mass is 16.5. The van der Waals surface area contributed by atoms with Crippen LogP contribution in [0, 0.1) is 13.8 Å². The number of ether oxygens (including phenoxy) is 1. The molecule has 0 bridgehead atoms. The van der Waals surface area contributed by atoms with Gasteiger partial charge in [0.2, 0.25) is 0 Å². The lowest BCUT2D eigenvalue weighted by Crippen LogP contribution is -2.30. The van der Waals surface area contributed by atoms with E-state index in [1.54, 1.807) is 31.2 Å². The molecule has 0 fully saturated rings. The number of aryl methyl sites for hydroxylation is 2. The lowest BCUT2D eigenvalue weighted by atomic mass is 10.1. The highest BCUT2D eigenvalue weighted by Gasteiger charge is 2.16. The maximum atomic E-state index is 12.5. The first kappa shape index (κ1) is 20.1. The summed E-state index contributed by atoms with van der Waals surface area (Å²) in [5.74, 6) is 0.0991. The van der Waals surface area contributed by atoms with Crippen LogP contribution in [0.1, 0.15) is 28.4 Å². The van der Waals surface area contributed by atoms with Crippen LogP contribution in [0.3, 0.4) is 0 Å². The average molecular weight is 388 g/mol. The predicted molar refractivity (Wildman–Crippen MR) is 115 cm³/mol. The van der Waals surface area contributed by atoms with Gasteiger partial charge in [-0.15, -0.1) is 0 Å². The molecule has 3 aromatic carbocycles. The normalized spacial score (nSPS) is 11.4. The smallest absolute Gasteiger partial charge is 0.265 e. The van der Waals surface area contributed by atoms with E-state index in [4.69, 9.17) is 4.74 Å². The zero-order valence-corrected chi connectivity index (χ0v) is 16.7. The number of benzene rings is 3. The zero-order valence-electron chi connectivity index (χ0n) is 16.7. The zero-order chi connectivity index (χ0) is 20.8. The molecule has 3 aromatic rings. The van der Waals surface area contributed by atoms with Crippen LogP contribution < -0.4 is 15.4 Å². The summed E-state index contributed by atoms with van der Waals surface area (Å²) in [4.78, 5) is 25.0. The van der Waals surface area contributed by atoms with E-state index in [2.05, 4.69) is 10.6 Å². The lowest BCUT2D eigenvalue weighted by molar-refractivity contribution is -0.122. The summed E-state index contributed by atoms with van der Waals surface area (Å²) in [6.45, 7) is 5.64. The molecule has 0 saturated heterocycles. The van der Waals surface area contributed by atoms with E-state index in [-0.39, 0.29) is 11.8 Å². The summed E-state index contributed by atoms with van der Waals surface area (Å²) in [5, 5.41) is 5.66. The van der Waals surface area contributed by atoms with Gasteiger partial charge in [-0.2, -0.15) is 0 Å². The minimum atomic E-state index is -0.678. The summed E-state index contributed by atoms with van der Waals surface area (Å²) < 4.78 is 5.68. The van der Waals surface area contributed by atoms with Gasteiger partial charge in [0.25, 0.3) is 11.8 Å². The van der Waals surface area contributed by atoms with Crippen molar-refractivity contribution in [2.45, 2.75) is 26.9 Å². The quantitative estimate of drug-likeness (QED) is 0.627. The van der Waals surface area contributed by atoms with Crippen LogP contribution in [0.5, 0.6) is 5.75 Å². The minimum absolute atomic E-state index is 0.240. The first-order chi connectivity index (χ1) is 13.9. The number of hydrogen-bond acceptors (Lipinski definition) is 3. The van der Waals surface area contributed by atoms with Crippen molar-refractivity contribution in [3.05, 3.63) is 89.5 Å². The van der Waals surface area contributed by atoms with Crippen molar-refractivity contribution >= 4 is 23.2 Å². The third kappa shape index (κ3) is 5.69. The minimum Gasteiger partial charge on any atom is -0.481 e. The Hall–Kier alpha value is -3.60. The van der Waals surface area contributed by atoms with Crippen molar-refractivity contribution in [1.29, 1.82) is 0 Å². The molecule has 1 atom stereocenters. The van der Waals surface area contributed by atoms with Gasteiger partial charge in [0.1, 0.15) is 5.75 Å². The molecule has 0 aliphatic heterocycles. The number of rotatable bonds is 6. The Kier molecular flexibility index (Phi) is 6.29. The van der Waals surface area contributed by atoms with E-state index in [0.717, 1.165) is 16.8 Å². The monoisotopic (exact) mass is 388 g/mol. The molecule has 0 spiro atoms. The number of hydrogen-bond donors (Lipinski definition) is 2. The van der Waals surface area contributed by atoms with E-state index in [0.29, 0.717) is 17.0 Å². The Morgan fingerprint density at radius 2 is 1.45 bits per heavy atom. The highest BCUT2D eigenvalue weighted by Crippen LogP contribution is 2.17. The Morgan fingerprint density at radius 1 is 0.793 bits per heavy atom. The predicted octanol–water partition coefficient (Wildman–Crippen LogP) is 4.96. The number of anilines is 2. The van der Waals surface area contributed by atoms with Gasteiger partial charge in [-0.25, -0.2) is 0 Å². The average Bonchev–Trinajstić information content (AvgIpc) is 2.70. The molecule has 148 valence electrons. The Morgan fingerprint density at radius 3 is 2.14 bits per heavy atom. The molecule has 0 radical (unpaired) electrons. The number of carbonyl (C=O) groups is 2. The van der Waals surface area contributed by atoms with Crippen molar-refractivity contribution in [2.75, 3.05) is 10.6 Å². The molecule has 5 nitrogen and oxygen atoms in total. The van der Waals surface area contributed by atoms with Crippen LogP contribution in [0.2, 0.25) is 0 Å². The van der Waals surface area contributed by atoms with Crippen LogP contribution in [0.15, 0.2) is 72.8 Å². The fourth-order valence-corrected chi connectivity index (χ4v) is 2.78. The lowest BCUT2D eigenvalue weighted by Gasteiger charge is -2.15. The fraction of sp³-hybridized carbons (Fsp3) is 0.167. The van der Waals surface area contributed by atoms with Crippen molar-refractivity contribution < 1.29 is 14.3 Å². The molecular weight excluding hydrogens is 364 g/mol. The Labute approximate surface area is 170 Å². The summed E-state index contributed by atoms with van der Waals surface area (Å²) in [6, 6.07) is 21.9. The largest absolute Gasteiger partial charge is 0.481 e. The van der Waals surface area contributed by atoms with Crippen LogP contribution in [-0.2, 0) is 4.79 Å². The summed E-state index contributed by atoms with van der Waals surface area (Å²) in [7, 11) is 0. The number of carbonyl (C=O) groups excluding carboxylic acids is 2. The van der Waals surface area contributed by atoms with Crippen LogP contribution >= 0.6 is 0 Å². The van der Waals surface area contributed by atoms with Gasteiger partial charge < -0.3 is 15.4 Å². The van der Waals surface area contributed by atoms with E-state index in [9.17, 15) is 9.59 Å². The first-order valence-corrected chi connectivity index (χ1v) is 9.43. The molecule has 0 heterocycles. The van der Waals surface area contributed by atoms with Crippen LogP contribution in [0.4, 0.5) is 11.4 Å². The second-order valence-electron chi connectivity index (χ2n) is 6.97. The molecule has 3 rings (SSSR count). The van der Waals surface area contributed by atoms with Crippen molar-refractivity contribution in [1.82, 2.24) is 0 Å². The number of nitrogens with one attached hydrogen (secondary N) is 2. The van der Waals surface area contributed by atoms with Gasteiger partial charge >= 0.3 is 0 Å². The van der Waals surface area contributed by atoms with E-state index in [1.807, 2.05) is 62.4 Å². The molecule has 29 heavy (non-hydrogen) atoms. The van der Waals surface area contributed by atoms with Crippen molar-refractivity contribution in [3.8, 4) is 5.75 Å². The third-order valence-corrected chi connectivity index (χ3v) is 4.37. The molecule has 0 saturated carbocycles. The van der Waals surface area contributed by atoms with Gasteiger partial charge in [-0.1, -0.05) is 35.9 Å². The first-order valence-electron chi connectivity index (χ1n) is 9.43. The van der Waals surface area contributed by atoms with Crippen molar-refractivity contribution in [3.63, 3.8) is 0 Å². The van der Waals surface area contributed by atoms with E-state index in [1.165, 1.54) is 0 Å². The topological polar surface area (TPSA) is 67.4 Å². The van der Waals surface area contributed by atoms with Gasteiger partial charge in [0.05, 0.1) is 0 Å². The summed E-state index contributed by atoms with van der Waals surface area (Å²) >= 11 is 0. The SMILES string of the molecule is Cc1ccc(OC(C)C(=O)Nc2cccc(C(=O)Nc3cccc(C)c3)c2)cc1. The molecule has 0 aliphatic carbocycles. The Bertz CT molecular complexity index is 1010. The van der Waals surface area contributed by atoms with Gasteiger partial charge in [0.15, 0.2) is 6.10 Å².